The Morgan fingerprint density at radius 2 is 2.30 bits per heavy atom. The van der Waals surface area contributed by atoms with Gasteiger partial charge in [-0.05, 0) is 22.0 Å². The first-order valence-electron chi connectivity index (χ1n) is 5.56. The molecule has 0 aliphatic carbocycles. The van der Waals surface area contributed by atoms with Gasteiger partial charge in [0, 0.05) is 21.8 Å². The molecule has 7 nitrogen and oxygen atoms in total. The molecule has 0 aliphatic rings. The van der Waals surface area contributed by atoms with Crippen molar-refractivity contribution in [2.75, 3.05) is 17.4 Å². The van der Waals surface area contributed by atoms with E-state index in [0.29, 0.717) is 12.4 Å². The predicted octanol–water partition coefficient (Wildman–Crippen LogP) is 2.74. The zero-order chi connectivity index (χ0) is 14.7. The second-order valence-electron chi connectivity index (χ2n) is 4.06. The maximum absolute atomic E-state index is 10.9. The Bertz CT molecular complexity index is 633. The minimum Gasteiger partial charge on any atom is -0.354 e. The van der Waals surface area contributed by atoms with Gasteiger partial charge in [-0.3, -0.25) is 10.1 Å². The first kappa shape index (κ1) is 14.7. The van der Waals surface area contributed by atoms with Gasteiger partial charge in [-0.2, -0.15) is 0 Å². The fraction of sp³-hybridized carbons (Fsp3) is 0.182. The third kappa shape index (κ3) is 3.44. The molecule has 0 saturated heterocycles. The Hall–Kier alpha value is -1.71. The number of rotatable bonds is 5. The van der Waals surface area contributed by atoms with E-state index in [1.54, 1.807) is 11.3 Å². The molecule has 0 aromatic carbocycles. The molecule has 0 unspecified atom stereocenters. The first-order valence-corrected chi connectivity index (χ1v) is 7.24. The number of nitrogen functional groups attached to an aromatic ring is 1. The number of aromatic nitrogens is 1. The number of thiophene rings is 1. The van der Waals surface area contributed by atoms with Gasteiger partial charge in [-0.25, -0.2) is 10.8 Å². The molecule has 2 aromatic heterocycles. The minimum absolute atomic E-state index is 0.0536. The standard InChI is InChI=1S/C11H12BrN5O2S/c1-16(5-9-2-7(12)6-20-9)11-4-8(17(18)19)3-10(14-11)15-13/h2-4,6H,5,13H2,1H3,(H,14,15). The lowest BCUT2D eigenvalue weighted by molar-refractivity contribution is -0.384. The quantitative estimate of drug-likeness (QED) is 0.485. The van der Waals surface area contributed by atoms with E-state index in [2.05, 4.69) is 26.3 Å². The van der Waals surface area contributed by atoms with Gasteiger partial charge in [0.25, 0.3) is 5.69 Å². The number of hydrogen-bond acceptors (Lipinski definition) is 7. The normalized spacial score (nSPS) is 10.3. The molecule has 0 atom stereocenters. The second kappa shape index (κ2) is 6.16. The molecule has 3 N–H and O–H groups in total. The van der Waals surface area contributed by atoms with Gasteiger partial charge < -0.3 is 10.3 Å². The third-order valence-corrected chi connectivity index (χ3v) is 4.24. The number of anilines is 2. The maximum Gasteiger partial charge on any atom is 0.276 e. The van der Waals surface area contributed by atoms with Crippen LogP contribution in [0.4, 0.5) is 17.3 Å². The van der Waals surface area contributed by atoms with Crippen molar-refractivity contribution in [1.82, 2.24) is 4.98 Å². The van der Waals surface area contributed by atoms with Crippen LogP contribution in [0.1, 0.15) is 4.88 Å². The van der Waals surface area contributed by atoms with Crippen molar-refractivity contribution in [3.8, 4) is 0 Å². The molecule has 0 bridgehead atoms. The molecule has 0 amide bonds. The van der Waals surface area contributed by atoms with Gasteiger partial charge >= 0.3 is 0 Å². The Balaban J connectivity index is 2.26. The van der Waals surface area contributed by atoms with Gasteiger partial charge in [-0.15, -0.1) is 11.3 Å². The van der Waals surface area contributed by atoms with Crippen LogP contribution >= 0.6 is 27.3 Å². The molecule has 2 rings (SSSR count). The summed E-state index contributed by atoms with van der Waals surface area (Å²) in [6.45, 7) is 0.606. The molecule has 0 spiro atoms. The molecule has 0 saturated carbocycles. The monoisotopic (exact) mass is 357 g/mol. The highest BCUT2D eigenvalue weighted by atomic mass is 79.9. The summed E-state index contributed by atoms with van der Waals surface area (Å²) in [7, 11) is 1.82. The van der Waals surface area contributed by atoms with E-state index in [1.807, 2.05) is 23.4 Å². The highest BCUT2D eigenvalue weighted by Crippen LogP contribution is 2.25. The summed E-state index contributed by atoms with van der Waals surface area (Å²) in [5, 5.41) is 12.9. The van der Waals surface area contributed by atoms with Crippen LogP contribution in [0, 0.1) is 10.1 Å². The fourth-order valence-electron chi connectivity index (χ4n) is 1.63. The Morgan fingerprint density at radius 3 is 2.85 bits per heavy atom. The second-order valence-corrected chi connectivity index (χ2v) is 5.97. The Labute approximate surface area is 127 Å². The van der Waals surface area contributed by atoms with E-state index >= 15 is 0 Å². The molecule has 0 radical (unpaired) electrons. The molecule has 0 fully saturated rings. The summed E-state index contributed by atoms with van der Waals surface area (Å²) < 4.78 is 1.02. The van der Waals surface area contributed by atoms with Crippen molar-refractivity contribution in [2.24, 2.45) is 5.84 Å². The van der Waals surface area contributed by atoms with Crippen LogP contribution in [0.3, 0.4) is 0 Å². The van der Waals surface area contributed by atoms with Gasteiger partial charge in [-0.1, -0.05) is 0 Å². The molecular formula is C11H12BrN5O2S. The maximum atomic E-state index is 10.9. The highest BCUT2D eigenvalue weighted by molar-refractivity contribution is 9.10. The van der Waals surface area contributed by atoms with E-state index in [4.69, 9.17) is 5.84 Å². The third-order valence-electron chi connectivity index (χ3n) is 2.56. The highest BCUT2D eigenvalue weighted by Gasteiger charge is 2.14. The van der Waals surface area contributed by atoms with Gasteiger partial charge in [0.05, 0.1) is 23.6 Å². The lowest BCUT2D eigenvalue weighted by Crippen LogP contribution is -2.18. The van der Waals surface area contributed by atoms with E-state index < -0.39 is 4.92 Å². The molecule has 106 valence electrons. The molecular weight excluding hydrogens is 346 g/mol. The van der Waals surface area contributed by atoms with E-state index in [-0.39, 0.29) is 11.5 Å². The number of nitrogens with one attached hydrogen (secondary N) is 1. The van der Waals surface area contributed by atoms with Crippen LogP contribution in [-0.2, 0) is 6.54 Å². The van der Waals surface area contributed by atoms with Crippen LogP contribution in [0.2, 0.25) is 0 Å². The Kier molecular flexibility index (Phi) is 4.53. The lowest BCUT2D eigenvalue weighted by Gasteiger charge is -2.17. The topological polar surface area (TPSA) is 97.3 Å². The molecule has 2 heterocycles. The van der Waals surface area contributed by atoms with Crippen LogP contribution < -0.4 is 16.2 Å². The van der Waals surface area contributed by atoms with Crippen LogP contribution in [0.15, 0.2) is 28.1 Å². The number of nitrogens with zero attached hydrogens (tertiary/aromatic N) is 3. The smallest absolute Gasteiger partial charge is 0.276 e. The number of halogens is 1. The average Bonchev–Trinajstić information content (AvgIpc) is 2.83. The van der Waals surface area contributed by atoms with E-state index in [9.17, 15) is 10.1 Å². The summed E-state index contributed by atoms with van der Waals surface area (Å²) in [5.74, 6) is 6.03. The van der Waals surface area contributed by atoms with Gasteiger partial charge in [0.15, 0.2) is 0 Å². The van der Waals surface area contributed by atoms with Crippen molar-refractivity contribution < 1.29 is 4.92 Å². The Morgan fingerprint density at radius 1 is 1.55 bits per heavy atom. The number of nitro groups is 1. The summed E-state index contributed by atoms with van der Waals surface area (Å²) in [6.07, 6.45) is 0. The summed E-state index contributed by atoms with van der Waals surface area (Å²) in [4.78, 5) is 17.6. The number of nitrogens with two attached hydrogens (primary N) is 1. The largest absolute Gasteiger partial charge is 0.354 e. The summed E-state index contributed by atoms with van der Waals surface area (Å²) in [5.41, 5.74) is 2.28. The van der Waals surface area contributed by atoms with Crippen LogP contribution in [-0.4, -0.2) is 17.0 Å². The van der Waals surface area contributed by atoms with E-state index in [0.717, 1.165) is 9.35 Å². The zero-order valence-electron chi connectivity index (χ0n) is 10.5. The fourth-order valence-corrected chi connectivity index (χ4v) is 3.13. The molecule has 0 aliphatic heterocycles. The lowest BCUT2D eigenvalue weighted by atomic mass is 10.3. The molecule has 20 heavy (non-hydrogen) atoms. The number of pyridine rings is 1. The van der Waals surface area contributed by atoms with Crippen molar-refractivity contribution in [3.05, 3.63) is 43.0 Å². The molecule has 9 heteroatoms. The predicted molar refractivity (Wildman–Crippen MR) is 82.8 cm³/mol. The van der Waals surface area contributed by atoms with Crippen molar-refractivity contribution in [2.45, 2.75) is 6.54 Å². The number of hydrazine groups is 1. The van der Waals surface area contributed by atoms with Crippen LogP contribution in [0.5, 0.6) is 0 Å². The molecule has 2 aromatic rings. The average molecular weight is 358 g/mol. The summed E-state index contributed by atoms with van der Waals surface area (Å²) >= 11 is 4.99. The van der Waals surface area contributed by atoms with E-state index in [1.165, 1.54) is 12.1 Å². The van der Waals surface area contributed by atoms with Crippen molar-refractivity contribution >= 4 is 44.6 Å². The SMILES string of the molecule is CN(Cc1cc(Br)cs1)c1cc([N+](=O)[O-])cc(NN)n1. The van der Waals surface area contributed by atoms with Crippen molar-refractivity contribution in [3.63, 3.8) is 0 Å². The van der Waals surface area contributed by atoms with Gasteiger partial charge in [0.1, 0.15) is 11.6 Å². The van der Waals surface area contributed by atoms with Crippen molar-refractivity contribution in [1.29, 1.82) is 0 Å². The number of hydrogen-bond donors (Lipinski definition) is 2. The van der Waals surface area contributed by atoms with Gasteiger partial charge in [0.2, 0.25) is 0 Å². The minimum atomic E-state index is -0.471. The van der Waals surface area contributed by atoms with Crippen LogP contribution in [0.25, 0.3) is 0 Å². The first-order chi connectivity index (χ1) is 9.49. The summed E-state index contributed by atoms with van der Waals surface area (Å²) in [6, 6.07) is 4.71. The zero-order valence-corrected chi connectivity index (χ0v) is 12.9.